The molecule has 38 heavy (non-hydrogen) atoms. The van der Waals surface area contributed by atoms with Crippen molar-refractivity contribution in [2.24, 2.45) is 17.0 Å². The monoisotopic (exact) mass is 543 g/mol. The van der Waals surface area contributed by atoms with Gasteiger partial charge in [0.05, 0.1) is 43.7 Å². The van der Waals surface area contributed by atoms with Gasteiger partial charge in [0.1, 0.15) is 17.6 Å². The van der Waals surface area contributed by atoms with Crippen molar-refractivity contribution in [2.45, 2.75) is 37.5 Å². The molecule has 12 nitrogen and oxygen atoms in total. The number of aliphatic hydroxyl groups excluding tert-OH is 1. The topological polar surface area (TPSA) is 180 Å². The Morgan fingerprint density at radius 2 is 2.08 bits per heavy atom. The molecule has 3 atom stereocenters. The van der Waals surface area contributed by atoms with Crippen LogP contribution in [0.2, 0.25) is 0 Å². The third-order valence-electron chi connectivity index (χ3n) is 7.09. The van der Waals surface area contributed by atoms with E-state index in [2.05, 4.69) is 19.2 Å². The van der Waals surface area contributed by atoms with E-state index < -0.39 is 22.0 Å². The van der Waals surface area contributed by atoms with Crippen molar-refractivity contribution >= 4 is 16.1 Å². The van der Waals surface area contributed by atoms with Gasteiger partial charge < -0.3 is 14.9 Å². The number of carbonyl (C=O) groups excluding carboxylic acids is 1. The van der Waals surface area contributed by atoms with Gasteiger partial charge in [0, 0.05) is 18.3 Å². The van der Waals surface area contributed by atoms with Crippen molar-refractivity contribution in [3.8, 4) is 0 Å². The minimum absolute atomic E-state index is 0.0266. The molecule has 2 aromatic heterocycles. The number of nitrogens with two attached hydrogens (primary N) is 1. The van der Waals surface area contributed by atoms with Crippen molar-refractivity contribution in [2.75, 3.05) is 19.8 Å². The van der Waals surface area contributed by atoms with Gasteiger partial charge in [-0.2, -0.15) is 13.5 Å². The molecule has 202 valence electrons. The summed E-state index contributed by atoms with van der Waals surface area (Å²) in [4.78, 5) is 21.7. The molecule has 0 unspecified atom stereocenters. The van der Waals surface area contributed by atoms with Crippen LogP contribution in [0.3, 0.4) is 0 Å². The summed E-state index contributed by atoms with van der Waals surface area (Å²) in [6.07, 6.45) is 5.14. The molecule has 2 aliphatic rings. The van der Waals surface area contributed by atoms with Crippen LogP contribution >= 0.6 is 0 Å². The molecule has 1 aliphatic heterocycles. The van der Waals surface area contributed by atoms with Crippen LogP contribution in [0, 0.1) is 11.8 Å². The second-order valence-corrected chi connectivity index (χ2v) is 11.2. The number of hydrogen-bond donors (Lipinski definition) is 3. The average molecular weight is 544 g/mol. The maximum atomic E-state index is 13.3. The van der Waals surface area contributed by atoms with Crippen molar-refractivity contribution in [1.29, 1.82) is 0 Å². The smallest absolute Gasteiger partial charge is 0.333 e. The van der Waals surface area contributed by atoms with E-state index in [-0.39, 0.29) is 43.1 Å². The second-order valence-electron chi connectivity index (χ2n) is 9.98. The van der Waals surface area contributed by atoms with Crippen molar-refractivity contribution in [1.82, 2.24) is 19.7 Å². The zero-order valence-corrected chi connectivity index (χ0v) is 21.3. The van der Waals surface area contributed by atoms with Crippen LogP contribution < -0.4 is 5.14 Å². The fraction of sp³-hybridized carbons (Fsp3) is 0.440. The Kier molecular flexibility index (Phi) is 7.40. The Morgan fingerprint density at radius 3 is 2.82 bits per heavy atom. The van der Waals surface area contributed by atoms with Gasteiger partial charge in [0.15, 0.2) is 0 Å². The lowest BCUT2D eigenvalue weighted by Gasteiger charge is -2.36. The highest BCUT2D eigenvalue weighted by Crippen LogP contribution is 2.34. The van der Waals surface area contributed by atoms with Gasteiger partial charge in [-0.25, -0.2) is 15.1 Å². The van der Waals surface area contributed by atoms with E-state index in [1.807, 2.05) is 24.3 Å². The summed E-state index contributed by atoms with van der Waals surface area (Å²) in [6.45, 7) is 0.752. The molecule has 1 saturated carbocycles. The molecule has 0 bridgehead atoms. The van der Waals surface area contributed by atoms with Crippen LogP contribution in [0.15, 0.2) is 49.1 Å². The lowest BCUT2D eigenvalue weighted by atomic mass is 9.91. The number of aliphatic hydroxyl groups is 2. The minimum atomic E-state index is -4.09. The van der Waals surface area contributed by atoms with Gasteiger partial charge in [0.2, 0.25) is 5.78 Å². The molecule has 3 aromatic rings. The lowest BCUT2D eigenvalue weighted by Crippen LogP contribution is -2.46. The standard InChI is InChI=1S/C25H29N5O7S/c26-38(34,35)37-12-18-6-17(9-23(18)31)8-22-20(10-27-15-28-22)24(32)21-4-5-30(29-21)11-16-2-1-3-19(7-16)25(33)13-36-14-25/h1-5,7,10,15,17-18,23,31,33H,6,8-9,11-14H2,(H2,26,34,35)/t17-,18+,23-/m0/s1. The van der Waals surface area contributed by atoms with Crippen LogP contribution in [-0.2, 0) is 37.8 Å². The van der Waals surface area contributed by atoms with Gasteiger partial charge >= 0.3 is 10.3 Å². The first-order valence-corrected chi connectivity index (χ1v) is 13.7. The molecule has 5 rings (SSSR count). The molecular weight excluding hydrogens is 514 g/mol. The normalized spacial score (nSPS) is 22.8. The van der Waals surface area contributed by atoms with E-state index >= 15 is 0 Å². The maximum Gasteiger partial charge on any atom is 0.333 e. The largest absolute Gasteiger partial charge is 0.393 e. The number of rotatable bonds is 10. The quantitative estimate of drug-likeness (QED) is 0.301. The van der Waals surface area contributed by atoms with Gasteiger partial charge in [-0.3, -0.25) is 13.7 Å². The molecule has 1 aromatic carbocycles. The number of aromatic nitrogens is 4. The first-order chi connectivity index (χ1) is 18.1. The Balaban J connectivity index is 1.26. The van der Waals surface area contributed by atoms with Crippen LogP contribution in [0.25, 0.3) is 0 Å². The summed E-state index contributed by atoms with van der Waals surface area (Å²) in [5.74, 6) is -0.728. The summed E-state index contributed by atoms with van der Waals surface area (Å²) in [7, 11) is -4.09. The maximum absolute atomic E-state index is 13.3. The van der Waals surface area contributed by atoms with Crippen molar-refractivity contribution < 1.29 is 32.3 Å². The first-order valence-electron chi connectivity index (χ1n) is 12.2. The molecular formula is C25H29N5O7S. The van der Waals surface area contributed by atoms with Gasteiger partial charge in [-0.15, -0.1) is 0 Å². The molecule has 0 radical (unpaired) electrons. The predicted octanol–water partition coefficient (Wildman–Crippen LogP) is 0.320. The van der Waals surface area contributed by atoms with Gasteiger partial charge in [0.25, 0.3) is 0 Å². The Bertz CT molecular complexity index is 1420. The fourth-order valence-corrected chi connectivity index (χ4v) is 5.41. The van der Waals surface area contributed by atoms with Crippen LogP contribution in [0.1, 0.15) is 45.7 Å². The van der Waals surface area contributed by atoms with Crippen molar-refractivity contribution in [3.63, 3.8) is 0 Å². The van der Waals surface area contributed by atoms with Crippen LogP contribution in [0.5, 0.6) is 0 Å². The molecule has 3 heterocycles. The Hall–Kier alpha value is -3.07. The summed E-state index contributed by atoms with van der Waals surface area (Å²) in [5, 5.41) is 30.2. The summed E-state index contributed by atoms with van der Waals surface area (Å²) < 4.78 is 33.6. The van der Waals surface area contributed by atoms with E-state index in [0.717, 1.165) is 11.1 Å². The molecule has 2 fully saturated rings. The molecule has 0 spiro atoms. The van der Waals surface area contributed by atoms with Crippen molar-refractivity contribution in [3.05, 3.63) is 77.1 Å². The van der Waals surface area contributed by atoms with Gasteiger partial charge in [-0.05, 0) is 42.4 Å². The van der Waals surface area contributed by atoms with E-state index in [4.69, 9.17) is 9.88 Å². The number of nitrogens with zero attached hydrogens (tertiary/aromatic N) is 4. The highest BCUT2D eigenvalue weighted by Gasteiger charge is 2.38. The zero-order valence-electron chi connectivity index (χ0n) is 20.5. The molecule has 4 N–H and O–H groups in total. The highest BCUT2D eigenvalue weighted by molar-refractivity contribution is 7.84. The van der Waals surface area contributed by atoms with Gasteiger partial charge in [-0.1, -0.05) is 24.3 Å². The predicted molar refractivity (Wildman–Crippen MR) is 133 cm³/mol. The molecule has 13 heteroatoms. The number of benzene rings is 1. The third kappa shape index (κ3) is 5.98. The third-order valence-corrected chi connectivity index (χ3v) is 7.55. The number of ketones is 1. The van der Waals surface area contributed by atoms with E-state index in [1.54, 1.807) is 16.9 Å². The highest BCUT2D eigenvalue weighted by atomic mass is 32.2. The number of ether oxygens (including phenoxy) is 1. The number of hydrogen-bond acceptors (Lipinski definition) is 10. The zero-order chi connectivity index (χ0) is 26.9. The van der Waals surface area contributed by atoms with E-state index in [0.29, 0.717) is 37.1 Å². The summed E-state index contributed by atoms with van der Waals surface area (Å²) >= 11 is 0. The Morgan fingerprint density at radius 1 is 1.26 bits per heavy atom. The summed E-state index contributed by atoms with van der Waals surface area (Å²) in [6, 6.07) is 9.20. The summed E-state index contributed by atoms with van der Waals surface area (Å²) in [5.41, 5.74) is 1.85. The average Bonchev–Trinajstić information content (AvgIpc) is 3.47. The SMILES string of the molecule is NS(=O)(=O)OC[C@H]1C[C@@H](Cc2ncncc2C(=O)c2ccn(Cc3cccc(C4(O)COC4)c3)n2)C[C@@H]1O. The first kappa shape index (κ1) is 26.5. The Labute approximate surface area is 219 Å². The molecule has 1 saturated heterocycles. The number of carbonyl (C=O) groups is 1. The van der Waals surface area contributed by atoms with E-state index in [1.165, 1.54) is 12.5 Å². The second kappa shape index (κ2) is 10.6. The van der Waals surface area contributed by atoms with E-state index in [9.17, 15) is 23.4 Å². The van der Waals surface area contributed by atoms with Crippen LogP contribution in [0.4, 0.5) is 0 Å². The lowest BCUT2D eigenvalue weighted by molar-refractivity contribution is -0.184. The van der Waals surface area contributed by atoms with Crippen LogP contribution in [-0.4, -0.2) is 70.1 Å². The molecule has 0 amide bonds. The molecule has 1 aliphatic carbocycles. The fourth-order valence-electron chi connectivity index (χ4n) is 5.04. The minimum Gasteiger partial charge on any atom is -0.393 e.